The summed E-state index contributed by atoms with van der Waals surface area (Å²) >= 11 is 25.8. The van der Waals surface area contributed by atoms with E-state index in [0.29, 0.717) is 32.5 Å². The van der Waals surface area contributed by atoms with E-state index in [1.54, 1.807) is 24.5 Å². The number of benzene rings is 2. The molecule has 1 aromatic heterocycles. The third-order valence-corrected chi connectivity index (χ3v) is 5.80. The Balaban J connectivity index is 0.000000735. The number of hydrogen-bond donors (Lipinski definition) is 2. The van der Waals surface area contributed by atoms with Crippen LogP contribution in [0.1, 0.15) is 17.5 Å². The molecule has 0 spiro atoms. The summed E-state index contributed by atoms with van der Waals surface area (Å²) in [7, 11) is 0. The Morgan fingerprint density at radius 3 is 2.47 bits per heavy atom. The smallest absolute Gasteiger partial charge is 0.291 e. The van der Waals surface area contributed by atoms with Gasteiger partial charge in [-0.2, -0.15) is 0 Å². The highest BCUT2D eigenvalue weighted by molar-refractivity contribution is 7.99. The van der Waals surface area contributed by atoms with Crippen LogP contribution in [-0.2, 0) is 11.2 Å². The van der Waals surface area contributed by atoms with Crippen LogP contribution < -0.4 is 0 Å². The summed E-state index contributed by atoms with van der Waals surface area (Å²) in [5, 5.41) is 15.9. The first kappa shape index (κ1) is 24.6. The van der Waals surface area contributed by atoms with Gasteiger partial charge in [-0.15, -0.1) is 10.1 Å². The number of hydrogen-bond acceptors (Lipinski definition) is 5. The van der Waals surface area contributed by atoms with Crippen molar-refractivity contribution in [2.24, 2.45) is 0 Å². The van der Waals surface area contributed by atoms with Gasteiger partial charge in [0.2, 0.25) is 0 Å². The van der Waals surface area contributed by atoms with Gasteiger partial charge in [0.1, 0.15) is 11.9 Å². The second-order valence-electron chi connectivity index (χ2n) is 5.65. The Morgan fingerprint density at radius 1 is 1.13 bits per heavy atom. The van der Waals surface area contributed by atoms with Crippen molar-refractivity contribution >= 4 is 58.2 Å². The molecule has 3 rings (SSSR count). The van der Waals surface area contributed by atoms with Gasteiger partial charge in [-0.05, 0) is 35.9 Å². The van der Waals surface area contributed by atoms with Crippen molar-refractivity contribution in [3.63, 3.8) is 0 Å². The molecule has 2 aromatic carbocycles. The Kier molecular flexibility index (Phi) is 10.0. The van der Waals surface area contributed by atoms with Crippen molar-refractivity contribution < 1.29 is 15.0 Å². The minimum atomic E-state index is -1.50. The van der Waals surface area contributed by atoms with Crippen LogP contribution in [0.5, 0.6) is 0 Å². The highest BCUT2D eigenvalue weighted by Crippen LogP contribution is 2.31. The molecule has 0 fully saturated rings. The molecule has 0 saturated heterocycles. The summed E-state index contributed by atoms with van der Waals surface area (Å²) in [6, 6.07) is 10.9. The van der Waals surface area contributed by atoms with Gasteiger partial charge in [-0.3, -0.25) is 0 Å². The van der Waals surface area contributed by atoms with E-state index in [1.807, 2.05) is 24.3 Å². The molecule has 1 unspecified atom stereocenters. The largest absolute Gasteiger partial charge is 0.359 e. The van der Waals surface area contributed by atoms with E-state index in [0.717, 1.165) is 16.3 Å². The summed E-state index contributed by atoms with van der Waals surface area (Å²) in [5.74, 6) is 1.17. The number of aromatic amines is 1. The van der Waals surface area contributed by atoms with Crippen LogP contribution in [0.2, 0.25) is 20.1 Å². The fourth-order valence-electron chi connectivity index (χ4n) is 2.33. The Morgan fingerprint density at radius 2 is 1.87 bits per heavy atom. The number of halogens is 4. The molecular weight excluding hydrogens is 496 g/mol. The number of aromatic nitrogens is 2. The fourth-order valence-corrected chi connectivity index (χ4v) is 3.91. The molecule has 0 radical (unpaired) electrons. The van der Waals surface area contributed by atoms with Crippen LogP contribution in [0.25, 0.3) is 0 Å². The van der Waals surface area contributed by atoms with Crippen molar-refractivity contribution in [3.8, 4) is 0 Å². The molecule has 0 bridgehead atoms. The van der Waals surface area contributed by atoms with Crippen LogP contribution in [0.4, 0.5) is 0 Å². The van der Waals surface area contributed by atoms with Gasteiger partial charge in [-0.25, -0.2) is 4.98 Å². The molecule has 3 aromatic rings. The topological polar surface area (TPSA) is 101 Å². The van der Waals surface area contributed by atoms with E-state index in [1.165, 1.54) is 11.8 Å². The minimum absolute atomic E-state index is 0.265. The second-order valence-corrected chi connectivity index (χ2v) is 8.30. The molecule has 2 N–H and O–H groups in total. The highest BCUT2D eigenvalue weighted by atomic mass is 35.5. The van der Waals surface area contributed by atoms with Crippen LogP contribution in [0.15, 0.2) is 53.7 Å². The lowest BCUT2D eigenvalue weighted by atomic mass is 10.1. The molecule has 0 saturated carbocycles. The van der Waals surface area contributed by atoms with Crippen LogP contribution in [-0.4, -0.2) is 26.2 Å². The lowest BCUT2D eigenvalue weighted by molar-refractivity contribution is -0.742. The summed E-state index contributed by atoms with van der Waals surface area (Å²) in [5.41, 5.74) is 0.942. The van der Waals surface area contributed by atoms with E-state index >= 15 is 0 Å². The molecule has 0 aliphatic rings. The molecule has 12 heteroatoms. The molecule has 1 heterocycles. The molecule has 7 nitrogen and oxygen atoms in total. The van der Waals surface area contributed by atoms with E-state index in [2.05, 4.69) is 9.97 Å². The average molecular weight is 511 g/mol. The van der Waals surface area contributed by atoms with Gasteiger partial charge in [0, 0.05) is 33.8 Å². The fraction of sp³-hybridized carbons (Fsp3) is 0.167. The third kappa shape index (κ3) is 8.22. The molecule has 160 valence electrons. The first-order chi connectivity index (χ1) is 14.3. The normalized spacial score (nSPS) is 11.5. The van der Waals surface area contributed by atoms with Crippen LogP contribution in [0.3, 0.4) is 0 Å². The maximum Gasteiger partial charge on any atom is 0.291 e. The maximum atomic E-state index is 8.36. The minimum Gasteiger partial charge on any atom is -0.359 e. The van der Waals surface area contributed by atoms with Gasteiger partial charge in [0.15, 0.2) is 0 Å². The van der Waals surface area contributed by atoms with E-state index in [9.17, 15) is 0 Å². The molecule has 1 atom stereocenters. The number of nitrogens with one attached hydrogen (secondary N) is 1. The van der Waals surface area contributed by atoms with E-state index in [4.69, 9.17) is 66.5 Å². The lowest BCUT2D eigenvalue weighted by Gasteiger charge is -2.17. The average Bonchev–Trinajstić information content (AvgIpc) is 3.20. The zero-order valence-corrected chi connectivity index (χ0v) is 18.9. The van der Waals surface area contributed by atoms with Crippen LogP contribution in [0, 0.1) is 10.1 Å². The summed E-state index contributed by atoms with van der Waals surface area (Å²) in [6.45, 7) is 0. The van der Waals surface area contributed by atoms with Gasteiger partial charge in [0.25, 0.3) is 5.09 Å². The SMILES string of the molecule is Clc1ccc(CC(OCSc2ccc(Cl)c(Cl)c2)c2ncc[nH]2)c(Cl)c1.O=[N+]([O-])O. The lowest BCUT2D eigenvalue weighted by Crippen LogP contribution is -2.10. The number of ether oxygens (including phenoxy) is 1. The molecule has 30 heavy (non-hydrogen) atoms. The number of nitrogens with zero attached hydrogens (tertiary/aromatic N) is 2. The van der Waals surface area contributed by atoms with Gasteiger partial charge in [0.05, 0.1) is 16.0 Å². The van der Waals surface area contributed by atoms with Gasteiger partial charge in [-0.1, -0.05) is 64.2 Å². The van der Waals surface area contributed by atoms with Crippen molar-refractivity contribution in [1.29, 1.82) is 0 Å². The van der Waals surface area contributed by atoms with Crippen molar-refractivity contribution in [2.75, 3.05) is 5.94 Å². The Bertz CT molecular complexity index is 972. The first-order valence-electron chi connectivity index (χ1n) is 8.22. The zero-order valence-electron chi connectivity index (χ0n) is 15.1. The van der Waals surface area contributed by atoms with Crippen molar-refractivity contribution in [2.45, 2.75) is 17.4 Å². The third-order valence-electron chi connectivity index (χ3n) is 3.63. The van der Waals surface area contributed by atoms with Crippen molar-refractivity contribution in [1.82, 2.24) is 9.97 Å². The summed E-state index contributed by atoms with van der Waals surface area (Å²) in [4.78, 5) is 16.7. The predicted octanol–water partition coefficient (Wildman–Crippen LogP) is 6.73. The number of imidazole rings is 1. The number of H-pyrrole nitrogens is 1. The Labute approximate surface area is 196 Å². The van der Waals surface area contributed by atoms with Crippen LogP contribution >= 0.6 is 58.2 Å². The molecular formula is C18H15Cl4N3O4S. The highest BCUT2D eigenvalue weighted by Gasteiger charge is 2.17. The predicted molar refractivity (Wildman–Crippen MR) is 119 cm³/mol. The quantitative estimate of drug-likeness (QED) is 0.158. The standard InChI is InChI=1S/C18H14Cl4N2OS.HNO3/c19-12-2-1-11(15(21)8-12)7-17(18-23-5-6-24-18)25-10-26-13-3-4-14(20)16(22)9-13;2-1(3)4/h1-6,8-9,17H,7,10H2,(H,23,24);(H,2,3,4). The van der Waals surface area contributed by atoms with Crippen molar-refractivity contribution in [3.05, 3.63) is 90.4 Å². The first-order valence-corrected chi connectivity index (χ1v) is 10.7. The number of thioether (sulfide) groups is 1. The van der Waals surface area contributed by atoms with Gasteiger partial charge < -0.3 is 14.9 Å². The molecule has 0 aliphatic carbocycles. The Hall–Kier alpha value is -1.68. The summed E-state index contributed by atoms with van der Waals surface area (Å²) < 4.78 is 6.05. The maximum absolute atomic E-state index is 8.36. The van der Waals surface area contributed by atoms with Gasteiger partial charge >= 0.3 is 0 Å². The molecule has 0 amide bonds. The van der Waals surface area contributed by atoms with E-state index in [-0.39, 0.29) is 6.10 Å². The number of rotatable bonds is 7. The zero-order chi connectivity index (χ0) is 22.1. The second kappa shape index (κ2) is 12.2. The van der Waals surface area contributed by atoms with E-state index < -0.39 is 5.09 Å². The summed E-state index contributed by atoms with van der Waals surface area (Å²) in [6.07, 6.45) is 3.77. The molecule has 0 aliphatic heterocycles. The monoisotopic (exact) mass is 509 g/mol.